The van der Waals surface area contributed by atoms with Crippen LogP contribution >= 0.6 is 43.5 Å². The molecule has 0 aliphatic carbocycles. The summed E-state index contributed by atoms with van der Waals surface area (Å²) in [6.45, 7) is 0. The number of carboxylic acid groups (broad SMARTS) is 1. The number of primary amides is 1. The number of carboxylic acids is 1. The Morgan fingerprint density at radius 2 is 1.79 bits per heavy atom. The number of imidazole rings is 2. The zero-order valence-electron chi connectivity index (χ0n) is 13.4. The lowest BCUT2D eigenvalue weighted by Crippen LogP contribution is -2.18. The summed E-state index contributed by atoms with van der Waals surface area (Å²) in [5, 5.41) is 15.4. The predicted octanol–water partition coefficient (Wildman–Crippen LogP) is 1.73. The number of rotatable bonds is 2. The van der Waals surface area contributed by atoms with Gasteiger partial charge in [-0.15, -0.1) is 0 Å². The molecule has 4 rings (SSSR count). The fraction of sp³-hybridized carbons (Fsp3) is 0. The topological polar surface area (TPSA) is 161 Å². The SMILES string of the molecule is NC(=O)c1cnn2cc(Br)nc2c1Cl.O=C(O)c1c[nH]n2cc(Br)nc2c1=O. The molecule has 4 heterocycles. The summed E-state index contributed by atoms with van der Waals surface area (Å²) in [7, 11) is 0. The number of hydrogen-bond acceptors (Lipinski definition) is 6. The van der Waals surface area contributed by atoms with E-state index >= 15 is 0 Å². The third-order valence-electron chi connectivity index (χ3n) is 3.37. The van der Waals surface area contributed by atoms with Gasteiger partial charge in [-0.2, -0.15) is 5.10 Å². The molecule has 4 aromatic rings. The van der Waals surface area contributed by atoms with Crippen LogP contribution in [0.25, 0.3) is 11.3 Å². The Hall–Kier alpha value is -2.77. The van der Waals surface area contributed by atoms with Gasteiger partial charge in [-0.1, -0.05) is 11.6 Å². The van der Waals surface area contributed by atoms with E-state index in [-0.39, 0.29) is 21.8 Å². The summed E-state index contributed by atoms with van der Waals surface area (Å²) in [6, 6.07) is 0. The molecule has 0 aromatic carbocycles. The second-order valence-electron chi connectivity index (χ2n) is 5.15. The first-order valence-electron chi connectivity index (χ1n) is 7.17. The Balaban J connectivity index is 0.000000161. The fourth-order valence-electron chi connectivity index (χ4n) is 2.14. The van der Waals surface area contributed by atoms with Gasteiger partial charge in [0.1, 0.15) is 14.8 Å². The first-order valence-corrected chi connectivity index (χ1v) is 9.14. The molecule has 0 aliphatic heterocycles. The normalized spacial score (nSPS) is 10.7. The van der Waals surface area contributed by atoms with Crippen molar-refractivity contribution in [3.63, 3.8) is 0 Å². The monoisotopic (exact) mass is 531 g/mol. The van der Waals surface area contributed by atoms with E-state index in [2.05, 4.69) is 52.0 Å². The minimum atomic E-state index is -1.27. The zero-order chi connectivity index (χ0) is 20.6. The van der Waals surface area contributed by atoms with E-state index in [1.54, 1.807) is 6.20 Å². The predicted molar refractivity (Wildman–Crippen MR) is 105 cm³/mol. The summed E-state index contributed by atoms with van der Waals surface area (Å²) in [4.78, 5) is 40.9. The quantitative estimate of drug-likeness (QED) is 0.354. The van der Waals surface area contributed by atoms with Crippen molar-refractivity contribution in [2.24, 2.45) is 5.73 Å². The van der Waals surface area contributed by atoms with Crippen LogP contribution in [0.3, 0.4) is 0 Å². The lowest BCUT2D eigenvalue weighted by molar-refractivity contribution is 0.0694. The smallest absolute Gasteiger partial charge is 0.341 e. The van der Waals surface area contributed by atoms with Gasteiger partial charge < -0.3 is 10.8 Å². The highest BCUT2D eigenvalue weighted by atomic mass is 79.9. The molecule has 28 heavy (non-hydrogen) atoms. The maximum atomic E-state index is 11.5. The van der Waals surface area contributed by atoms with Gasteiger partial charge in [0.25, 0.3) is 5.91 Å². The van der Waals surface area contributed by atoms with Crippen molar-refractivity contribution >= 4 is 66.6 Å². The fourth-order valence-corrected chi connectivity index (χ4v) is 3.14. The molecule has 0 unspecified atom stereocenters. The Morgan fingerprint density at radius 1 is 1.14 bits per heavy atom. The number of aromatic nitrogens is 6. The lowest BCUT2D eigenvalue weighted by Gasteiger charge is -1.99. The van der Waals surface area contributed by atoms with Gasteiger partial charge in [0.15, 0.2) is 5.65 Å². The molecule has 0 spiro atoms. The van der Waals surface area contributed by atoms with Gasteiger partial charge in [-0.25, -0.2) is 23.8 Å². The molecular formula is C14H8Br2ClN7O4. The summed E-state index contributed by atoms with van der Waals surface area (Å²) < 4.78 is 3.86. The second-order valence-corrected chi connectivity index (χ2v) is 7.15. The van der Waals surface area contributed by atoms with Crippen molar-refractivity contribution in [3.8, 4) is 0 Å². The number of carbonyl (C=O) groups excluding carboxylic acids is 1. The van der Waals surface area contributed by atoms with Crippen LogP contribution in [0.1, 0.15) is 20.7 Å². The van der Waals surface area contributed by atoms with Gasteiger partial charge in [0.2, 0.25) is 11.1 Å². The minimum Gasteiger partial charge on any atom is -0.477 e. The van der Waals surface area contributed by atoms with Crippen LogP contribution in [0.4, 0.5) is 0 Å². The van der Waals surface area contributed by atoms with Gasteiger partial charge in [-0.3, -0.25) is 14.7 Å². The van der Waals surface area contributed by atoms with E-state index < -0.39 is 17.3 Å². The highest BCUT2D eigenvalue weighted by molar-refractivity contribution is 9.10. The Morgan fingerprint density at radius 3 is 2.43 bits per heavy atom. The van der Waals surface area contributed by atoms with Crippen molar-refractivity contribution in [2.75, 3.05) is 0 Å². The molecule has 0 saturated heterocycles. The van der Waals surface area contributed by atoms with Crippen LogP contribution in [0, 0.1) is 0 Å². The largest absolute Gasteiger partial charge is 0.477 e. The molecule has 0 fully saturated rings. The van der Waals surface area contributed by atoms with Crippen molar-refractivity contribution in [1.29, 1.82) is 0 Å². The third-order valence-corrected chi connectivity index (χ3v) is 4.51. The summed E-state index contributed by atoms with van der Waals surface area (Å²) >= 11 is 12.2. The molecule has 4 aromatic heterocycles. The highest BCUT2D eigenvalue weighted by Gasteiger charge is 2.14. The van der Waals surface area contributed by atoms with E-state index in [4.69, 9.17) is 22.4 Å². The number of nitrogens with one attached hydrogen (secondary N) is 1. The molecule has 0 aliphatic rings. The number of nitrogens with two attached hydrogens (primary N) is 1. The molecule has 0 saturated carbocycles. The zero-order valence-corrected chi connectivity index (χ0v) is 17.4. The Kier molecular flexibility index (Phi) is 5.49. The maximum Gasteiger partial charge on any atom is 0.341 e. The molecule has 0 radical (unpaired) electrons. The number of H-pyrrole nitrogens is 1. The van der Waals surface area contributed by atoms with Crippen LogP contribution in [0.15, 0.2) is 38.8 Å². The Bertz CT molecular complexity index is 1300. The van der Waals surface area contributed by atoms with Crippen LogP contribution < -0.4 is 11.2 Å². The van der Waals surface area contributed by atoms with E-state index in [1.165, 1.54) is 21.4 Å². The van der Waals surface area contributed by atoms with Gasteiger partial charge in [-0.05, 0) is 31.9 Å². The number of aromatic carboxylic acids is 1. The van der Waals surface area contributed by atoms with Crippen LogP contribution in [0.2, 0.25) is 5.02 Å². The van der Waals surface area contributed by atoms with E-state index in [1.807, 2.05) is 0 Å². The maximum absolute atomic E-state index is 11.5. The van der Waals surface area contributed by atoms with E-state index in [0.29, 0.717) is 14.9 Å². The molecule has 14 heteroatoms. The molecule has 144 valence electrons. The number of carbonyl (C=O) groups is 2. The number of fused-ring (bicyclic) bond motifs is 2. The van der Waals surface area contributed by atoms with Crippen molar-refractivity contribution in [3.05, 3.63) is 60.4 Å². The molecule has 0 atom stereocenters. The molecule has 4 N–H and O–H groups in total. The lowest BCUT2D eigenvalue weighted by atomic mass is 10.3. The third kappa shape index (κ3) is 3.76. The first kappa shape index (κ1) is 20.0. The van der Waals surface area contributed by atoms with E-state index in [0.717, 1.165) is 6.20 Å². The summed E-state index contributed by atoms with van der Waals surface area (Å²) in [5.74, 6) is -1.89. The van der Waals surface area contributed by atoms with E-state index in [9.17, 15) is 14.4 Å². The summed E-state index contributed by atoms with van der Waals surface area (Å²) in [5.41, 5.74) is 4.78. The molecular weight excluding hydrogens is 525 g/mol. The number of amides is 1. The van der Waals surface area contributed by atoms with Crippen molar-refractivity contribution in [2.45, 2.75) is 0 Å². The highest BCUT2D eigenvalue weighted by Crippen LogP contribution is 2.21. The Labute approximate surface area is 176 Å². The average molecular weight is 534 g/mol. The van der Waals surface area contributed by atoms with Crippen molar-refractivity contribution in [1.82, 2.24) is 29.2 Å². The number of halogens is 3. The van der Waals surface area contributed by atoms with Gasteiger partial charge in [0.05, 0.1) is 29.2 Å². The summed E-state index contributed by atoms with van der Waals surface area (Å²) in [6.07, 6.45) is 5.60. The first-order chi connectivity index (χ1) is 13.2. The van der Waals surface area contributed by atoms with Crippen LogP contribution in [-0.4, -0.2) is 46.2 Å². The average Bonchev–Trinajstić information content (AvgIpc) is 3.18. The second kappa shape index (κ2) is 7.69. The standard InChI is InChI=1S/C7H4BrClN4O.C7H4BrN3O3/c8-4-2-13-7(12-4)5(9)3(1-11-13)6(10)14;8-4-2-11-6(10-4)5(12)3(1-9-11)7(13)14/h1-2H,(H2,10,14);1-2,9H,(H,13,14). The molecule has 1 amide bonds. The van der Waals surface area contributed by atoms with Crippen molar-refractivity contribution < 1.29 is 14.7 Å². The minimum absolute atomic E-state index is 0.0526. The number of nitrogens with zero attached hydrogens (tertiary/aromatic N) is 5. The van der Waals surface area contributed by atoms with Gasteiger partial charge in [0, 0.05) is 6.20 Å². The number of hydrogen-bond donors (Lipinski definition) is 3. The van der Waals surface area contributed by atoms with Crippen LogP contribution in [0.5, 0.6) is 0 Å². The van der Waals surface area contributed by atoms with Gasteiger partial charge >= 0.3 is 5.97 Å². The van der Waals surface area contributed by atoms with Crippen LogP contribution in [-0.2, 0) is 0 Å². The molecule has 0 bridgehead atoms. The number of aromatic amines is 1. The molecule has 11 nitrogen and oxygen atoms in total.